The molecule has 0 spiro atoms. The molecule has 2 aromatic rings. The van der Waals surface area contributed by atoms with Gasteiger partial charge in [-0.05, 0) is 26.0 Å². The Morgan fingerprint density at radius 3 is 2.76 bits per heavy atom. The zero-order valence-corrected chi connectivity index (χ0v) is 12.5. The van der Waals surface area contributed by atoms with Gasteiger partial charge in [-0.3, -0.25) is 14.4 Å². The fraction of sp³-hybridized carbons (Fsp3) is 0.214. The molecule has 0 bridgehead atoms. The first-order valence-electron chi connectivity index (χ1n) is 6.24. The van der Waals surface area contributed by atoms with E-state index in [4.69, 9.17) is 5.73 Å². The van der Waals surface area contributed by atoms with E-state index in [0.29, 0.717) is 10.6 Å². The van der Waals surface area contributed by atoms with E-state index in [2.05, 4.69) is 5.32 Å². The predicted octanol–water partition coefficient (Wildman–Crippen LogP) is 1.26. The first-order chi connectivity index (χ1) is 9.88. The second kappa shape index (κ2) is 5.92. The molecule has 0 aromatic carbocycles. The van der Waals surface area contributed by atoms with Gasteiger partial charge in [0.15, 0.2) is 0 Å². The number of aromatic nitrogens is 1. The first-order valence-corrected chi connectivity index (χ1v) is 7.06. The lowest BCUT2D eigenvalue weighted by Crippen LogP contribution is -2.28. The van der Waals surface area contributed by atoms with Crippen molar-refractivity contribution in [1.29, 1.82) is 0 Å². The summed E-state index contributed by atoms with van der Waals surface area (Å²) in [6, 6.07) is 5.01. The van der Waals surface area contributed by atoms with Crippen LogP contribution in [-0.4, -0.2) is 16.4 Å². The number of anilines is 1. The standard InChI is InChI=1S/C14H15N3O3S/c1-8-4-3-5-17(14(8)20)7-11(18)16-13-10(12(15)19)6-9(2)21-13/h3-6H,7H2,1-2H3,(H2,15,19)(H,16,18). The molecule has 2 heterocycles. The number of amides is 2. The third-order valence-corrected chi connectivity index (χ3v) is 3.86. The predicted molar refractivity (Wildman–Crippen MR) is 81.6 cm³/mol. The molecule has 0 saturated carbocycles. The molecular weight excluding hydrogens is 290 g/mol. The molecule has 2 aromatic heterocycles. The summed E-state index contributed by atoms with van der Waals surface area (Å²) in [5, 5.41) is 3.03. The molecule has 3 N–H and O–H groups in total. The summed E-state index contributed by atoms with van der Waals surface area (Å²) < 4.78 is 1.31. The van der Waals surface area contributed by atoms with Crippen LogP contribution in [0.2, 0.25) is 0 Å². The van der Waals surface area contributed by atoms with Crippen LogP contribution >= 0.6 is 11.3 Å². The van der Waals surface area contributed by atoms with Crippen LogP contribution in [0, 0.1) is 13.8 Å². The van der Waals surface area contributed by atoms with Crippen LogP contribution in [0.5, 0.6) is 0 Å². The quantitative estimate of drug-likeness (QED) is 0.890. The number of hydrogen-bond donors (Lipinski definition) is 2. The number of carbonyl (C=O) groups is 2. The molecule has 0 unspecified atom stereocenters. The highest BCUT2D eigenvalue weighted by Crippen LogP contribution is 2.27. The Balaban J connectivity index is 2.18. The van der Waals surface area contributed by atoms with Gasteiger partial charge < -0.3 is 15.6 Å². The maximum atomic E-state index is 12.0. The van der Waals surface area contributed by atoms with Gasteiger partial charge in [0, 0.05) is 16.6 Å². The Morgan fingerprint density at radius 1 is 1.38 bits per heavy atom. The van der Waals surface area contributed by atoms with Crippen LogP contribution < -0.4 is 16.6 Å². The zero-order chi connectivity index (χ0) is 15.6. The molecule has 7 heteroatoms. The molecule has 0 radical (unpaired) electrons. The van der Waals surface area contributed by atoms with E-state index >= 15 is 0 Å². The lowest BCUT2D eigenvalue weighted by Gasteiger charge is -2.07. The Hall–Kier alpha value is -2.41. The van der Waals surface area contributed by atoms with E-state index in [9.17, 15) is 14.4 Å². The van der Waals surface area contributed by atoms with E-state index < -0.39 is 5.91 Å². The monoisotopic (exact) mass is 305 g/mol. The van der Waals surface area contributed by atoms with E-state index in [0.717, 1.165) is 4.88 Å². The van der Waals surface area contributed by atoms with Crippen molar-refractivity contribution < 1.29 is 9.59 Å². The lowest BCUT2D eigenvalue weighted by molar-refractivity contribution is -0.116. The number of nitrogens with one attached hydrogen (secondary N) is 1. The van der Waals surface area contributed by atoms with Gasteiger partial charge in [-0.1, -0.05) is 6.07 Å². The molecule has 0 atom stereocenters. The normalized spacial score (nSPS) is 10.4. The third-order valence-electron chi connectivity index (χ3n) is 2.90. The molecule has 110 valence electrons. The summed E-state index contributed by atoms with van der Waals surface area (Å²) >= 11 is 1.27. The van der Waals surface area contributed by atoms with Crippen LogP contribution in [-0.2, 0) is 11.3 Å². The number of aryl methyl sites for hydroxylation is 2. The Kier molecular flexibility index (Phi) is 4.23. The minimum atomic E-state index is -0.595. The van der Waals surface area contributed by atoms with Crippen LogP contribution in [0.1, 0.15) is 20.8 Å². The van der Waals surface area contributed by atoms with Crippen molar-refractivity contribution >= 4 is 28.2 Å². The minimum Gasteiger partial charge on any atom is -0.366 e. The van der Waals surface area contributed by atoms with Crippen molar-refractivity contribution in [3.05, 3.63) is 50.8 Å². The van der Waals surface area contributed by atoms with Crippen LogP contribution in [0.4, 0.5) is 5.00 Å². The second-order valence-corrected chi connectivity index (χ2v) is 5.89. The average molecular weight is 305 g/mol. The minimum absolute atomic E-state index is 0.115. The Labute approximate surface area is 125 Å². The SMILES string of the molecule is Cc1cc(C(N)=O)c(NC(=O)Cn2cccc(C)c2=O)s1. The molecule has 0 fully saturated rings. The number of hydrogen-bond acceptors (Lipinski definition) is 4. The van der Waals surface area contributed by atoms with E-state index in [-0.39, 0.29) is 23.6 Å². The van der Waals surface area contributed by atoms with Gasteiger partial charge >= 0.3 is 0 Å². The third kappa shape index (κ3) is 3.38. The van der Waals surface area contributed by atoms with Crippen molar-refractivity contribution in [3.63, 3.8) is 0 Å². The number of nitrogens with two attached hydrogens (primary N) is 1. The number of nitrogens with zero attached hydrogens (tertiary/aromatic N) is 1. The van der Waals surface area contributed by atoms with Crippen molar-refractivity contribution in [2.75, 3.05) is 5.32 Å². The van der Waals surface area contributed by atoms with Crippen molar-refractivity contribution in [1.82, 2.24) is 4.57 Å². The van der Waals surface area contributed by atoms with Gasteiger partial charge in [0.2, 0.25) is 5.91 Å². The maximum Gasteiger partial charge on any atom is 0.253 e. The summed E-state index contributed by atoms with van der Waals surface area (Å²) in [7, 11) is 0. The number of thiophene rings is 1. The molecule has 0 aliphatic rings. The first kappa shape index (κ1) is 15.0. The highest BCUT2D eigenvalue weighted by atomic mass is 32.1. The molecule has 0 aliphatic carbocycles. The van der Waals surface area contributed by atoms with Gasteiger partial charge in [0.1, 0.15) is 11.5 Å². The molecule has 0 saturated heterocycles. The van der Waals surface area contributed by atoms with E-state index in [1.165, 1.54) is 15.9 Å². The molecule has 0 aliphatic heterocycles. The van der Waals surface area contributed by atoms with E-state index in [1.54, 1.807) is 31.3 Å². The van der Waals surface area contributed by atoms with Crippen LogP contribution in [0.25, 0.3) is 0 Å². The fourth-order valence-electron chi connectivity index (χ4n) is 1.89. The molecule has 2 rings (SSSR count). The van der Waals surface area contributed by atoms with Gasteiger partial charge in [-0.15, -0.1) is 11.3 Å². The Bertz CT molecular complexity index is 761. The summed E-state index contributed by atoms with van der Waals surface area (Å²) in [6.45, 7) is 3.39. The Morgan fingerprint density at radius 2 is 2.10 bits per heavy atom. The van der Waals surface area contributed by atoms with Crippen molar-refractivity contribution in [2.24, 2.45) is 5.73 Å². The molecular formula is C14H15N3O3S. The highest BCUT2D eigenvalue weighted by Gasteiger charge is 2.15. The molecule has 2 amide bonds. The summed E-state index contributed by atoms with van der Waals surface area (Å²) in [5.74, 6) is -0.977. The topological polar surface area (TPSA) is 94.2 Å². The highest BCUT2D eigenvalue weighted by molar-refractivity contribution is 7.16. The number of rotatable bonds is 4. The number of carbonyl (C=O) groups excluding carboxylic acids is 2. The maximum absolute atomic E-state index is 12.0. The lowest BCUT2D eigenvalue weighted by atomic mass is 10.3. The summed E-state index contributed by atoms with van der Waals surface area (Å²) in [5.41, 5.74) is 5.89. The molecule has 21 heavy (non-hydrogen) atoms. The summed E-state index contributed by atoms with van der Waals surface area (Å²) in [6.07, 6.45) is 1.55. The molecule has 6 nitrogen and oxygen atoms in total. The van der Waals surface area contributed by atoms with Gasteiger partial charge in [0.25, 0.3) is 11.5 Å². The smallest absolute Gasteiger partial charge is 0.253 e. The van der Waals surface area contributed by atoms with Crippen molar-refractivity contribution in [3.8, 4) is 0 Å². The van der Waals surface area contributed by atoms with Crippen LogP contribution in [0.3, 0.4) is 0 Å². The zero-order valence-electron chi connectivity index (χ0n) is 11.7. The average Bonchev–Trinajstić information content (AvgIpc) is 2.76. The fourth-order valence-corrected chi connectivity index (χ4v) is 2.83. The summed E-state index contributed by atoms with van der Waals surface area (Å²) in [4.78, 5) is 36.0. The van der Waals surface area contributed by atoms with E-state index in [1.807, 2.05) is 6.92 Å². The van der Waals surface area contributed by atoms with Gasteiger partial charge in [-0.25, -0.2) is 0 Å². The van der Waals surface area contributed by atoms with Crippen molar-refractivity contribution in [2.45, 2.75) is 20.4 Å². The number of primary amides is 1. The second-order valence-electron chi connectivity index (χ2n) is 4.64. The largest absolute Gasteiger partial charge is 0.366 e. The van der Waals surface area contributed by atoms with Gasteiger partial charge in [-0.2, -0.15) is 0 Å². The number of pyridine rings is 1. The van der Waals surface area contributed by atoms with Crippen LogP contribution in [0.15, 0.2) is 29.2 Å². The van der Waals surface area contributed by atoms with Gasteiger partial charge in [0.05, 0.1) is 5.56 Å².